The molecule has 22 saturated heterocycles. The zero-order valence-corrected chi connectivity index (χ0v) is 65.4. The number of carbonyl (C=O) groups excluding carboxylic acids is 12. The Morgan fingerprint density at radius 3 is 0.360 bits per heavy atom. The van der Waals surface area contributed by atoms with Gasteiger partial charge in [0, 0.05) is 77.0 Å². The molecule has 114 heavy (non-hydrogen) atoms. The van der Waals surface area contributed by atoms with E-state index in [1.807, 2.05) is 0 Å². The predicted octanol–water partition coefficient (Wildman–Crippen LogP) is -1.52. The molecule has 0 saturated carbocycles. The molecule has 0 radical (unpaired) electrons. The molecule has 22 rings (SSSR count). The summed E-state index contributed by atoms with van der Waals surface area (Å²) < 4.78 is 151. The minimum absolute atomic E-state index is 0.447. The lowest BCUT2D eigenvalue weighted by Crippen LogP contribution is -2.71. The van der Waals surface area contributed by atoms with Crippen LogP contribution in [0.4, 0.5) is 0 Å². The molecule has 0 aromatic carbocycles. The third-order valence-electron chi connectivity index (χ3n) is 19.0. The van der Waals surface area contributed by atoms with Crippen LogP contribution in [0.25, 0.3) is 0 Å². The zero-order chi connectivity index (χ0) is 83.9. The second-order valence-corrected chi connectivity index (χ2v) is 26.7. The van der Waals surface area contributed by atoms with E-state index in [-0.39, 0.29) is 0 Å². The smallest absolute Gasteiger partial charge is 0.306 e. The molecular formula is C72H108O42. The van der Waals surface area contributed by atoms with Crippen molar-refractivity contribution in [2.75, 3.05) is 39.6 Å². The van der Waals surface area contributed by atoms with Gasteiger partial charge in [-0.2, -0.15) is 0 Å². The lowest BCUT2D eigenvalue weighted by Gasteiger charge is -2.52. The molecule has 22 aliphatic heterocycles. The highest BCUT2D eigenvalue weighted by molar-refractivity contribution is 5.74. The zero-order valence-electron chi connectivity index (χ0n) is 65.4. The van der Waals surface area contributed by atoms with Crippen LogP contribution >= 0.6 is 0 Å². The summed E-state index contributed by atoms with van der Waals surface area (Å²) in [5.74, 6) is -13.0. The van der Waals surface area contributed by atoms with E-state index in [4.69, 9.17) is 114 Å². The first kappa shape index (κ1) is 94.1. The molecule has 42 heteroatoms. The molecule has 22 fully saturated rings. The maximum atomic E-state index is 14.0. The molecular weight excluding hydrogens is 1540 g/mol. The van der Waals surface area contributed by atoms with E-state index in [1.165, 1.54) is 83.1 Å². The van der Waals surface area contributed by atoms with E-state index in [2.05, 4.69) is 0 Å². The predicted molar refractivity (Wildman–Crippen MR) is 366 cm³/mol. The number of aliphatic hydroxyl groups excluding tert-OH is 6. The molecule has 22 heterocycles. The van der Waals surface area contributed by atoms with E-state index < -0.39 is 373 Å². The number of rotatable bonds is 30. The maximum absolute atomic E-state index is 14.0. The molecule has 0 spiro atoms. The van der Waals surface area contributed by atoms with Crippen molar-refractivity contribution >= 4 is 71.6 Å². The Morgan fingerprint density at radius 2 is 0.272 bits per heavy atom. The highest BCUT2D eigenvalue weighted by Crippen LogP contribution is 2.44. The lowest BCUT2D eigenvalue weighted by atomic mass is 9.94. The van der Waals surface area contributed by atoms with Gasteiger partial charge in [0.05, 0.1) is 39.6 Å². The monoisotopic (exact) mass is 1640 g/mol. The van der Waals surface area contributed by atoms with Crippen LogP contribution in [0.15, 0.2) is 0 Å². The van der Waals surface area contributed by atoms with Gasteiger partial charge in [0.25, 0.3) is 0 Å². The number of hydrogen-bond donors (Lipinski definition) is 6. The maximum Gasteiger partial charge on any atom is 0.306 e. The number of hydrogen-bond acceptors (Lipinski definition) is 42. The summed E-state index contributed by atoms with van der Waals surface area (Å²) in [6.45, 7) is 8.99. The molecule has 0 aliphatic carbocycles. The average molecular weight is 1650 g/mol. The van der Waals surface area contributed by atoms with E-state index >= 15 is 0 Å². The van der Waals surface area contributed by atoms with Gasteiger partial charge in [-0.1, -0.05) is 83.1 Å². The molecule has 648 valence electrons. The minimum atomic E-state index is -2.25. The summed E-state index contributed by atoms with van der Waals surface area (Å²) in [5, 5.41) is 69.4. The minimum Gasteiger partial charge on any atom is -0.455 e. The van der Waals surface area contributed by atoms with Gasteiger partial charge < -0.3 is 144 Å². The summed E-state index contributed by atoms with van der Waals surface area (Å²) in [7, 11) is 0. The van der Waals surface area contributed by atoms with Crippen molar-refractivity contribution in [3.63, 3.8) is 0 Å². The Hall–Kier alpha value is -7.08. The van der Waals surface area contributed by atoms with Crippen LogP contribution in [0.2, 0.25) is 0 Å². The van der Waals surface area contributed by atoms with Crippen molar-refractivity contribution in [1.29, 1.82) is 0 Å². The number of carbonyl (C=O) groups is 12. The fourth-order valence-corrected chi connectivity index (χ4v) is 13.1. The van der Waals surface area contributed by atoms with E-state index in [0.29, 0.717) is 0 Å². The third kappa shape index (κ3) is 23.2. The first-order valence-electron chi connectivity index (χ1n) is 38.5. The van der Waals surface area contributed by atoms with Crippen LogP contribution in [0, 0.1) is 0 Å². The van der Waals surface area contributed by atoms with Crippen LogP contribution in [0.1, 0.15) is 160 Å². The second-order valence-electron chi connectivity index (χ2n) is 26.7. The topological polar surface area (TPSA) is 548 Å². The van der Waals surface area contributed by atoms with Gasteiger partial charge in [0.1, 0.15) is 73.2 Å². The van der Waals surface area contributed by atoms with Crippen molar-refractivity contribution in [1.82, 2.24) is 0 Å². The van der Waals surface area contributed by atoms with Crippen molar-refractivity contribution in [2.45, 2.75) is 344 Å². The standard InChI is InChI=1S/C72H108O42/c1-13-37(79)97-55-49-31(25-73)91-67(61(55)103-43(85)19-7)110-50-32(26-74)93-69(63(105-45(87)21-9)56(50)98-38(80)14-2)112-52-34(28-76)95-71(65(107-47(89)23-11)58(52)100-40(82)16-4)114-54-36(30-78)96-72(66(108-48(90)24-12)60(54)102-42(84)18-6)113-53-35(29-77)94-70(64(106-46(88)22-10)59(53)101-41(83)17-5)111-51-33(27-75)92-68(109-49)62(104-44(86)20-8)57(51)99-39(81)15-3/h31-36,49-78H,13-30H2,1-12H3. The normalized spacial score (nSPS) is 36.3. The first-order chi connectivity index (χ1) is 54.6. The highest BCUT2D eigenvalue weighted by Gasteiger charge is 2.65. The Labute approximate surface area is 655 Å². The van der Waals surface area contributed by atoms with Crippen molar-refractivity contribution < 1.29 is 202 Å². The summed E-state index contributed by atoms with van der Waals surface area (Å²) in [6.07, 6.45) is -68.9. The van der Waals surface area contributed by atoms with Crippen molar-refractivity contribution in [3.8, 4) is 0 Å². The summed E-state index contributed by atoms with van der Waals surface area (Å²) >= 11 is 0. The van der Waals surface area contributed by atoms with Crippen LogP contribution in [-0.4, -0.2) is 326 Å². The summed E-state index contributed by atoms with van der Waals surface area (Å²) in [6, 6.07) is 0. The molecule has 0 aromatic heterocycles. The molecule has 30 atom stereocenters. The Bertz CT molecular complexity index is 2660. The van der Waals surface area contributed by atoms with Crippen LogP contribution in [0.5, 0.6) is 0 Å². The molecule has 0 amide bonds. The Morgan fingerprint density at radius 1 is 0.175 bits per heavy atom. The average Bonchev–Trinajstić information content (AvgIpc) is 0.754. The molecule has 42 nitrogen and oxygen atoms in total. The van der Waals surface area contributed by atoms with E-state index in [0.717, 1.165) is 0 Å². The van der Waals surface area contributed by atoms with E-state index in [1.54, 1.807) is 0 Å². The molecule has 0 aromatic rings. The second kappa shape index (κ2) is 45.0. The van der Waals surface area contributed by atoms with Gasteiger partial charge in [0.2, 0.25) is 0 Å². The largest absolute Gasteiger partial charge is 0.455 e. The number of esters is 12. The Balaban J connectivity index is 1.58. The van der Waals surface area contributed by atoms with Gasteiger partial charge in [0.15, 0.2) is 111 Å². The number of ether oxygens (including phenoxy) is 24. The van der Waals surface area contributed by atoms with Gasteiger partial charge in [-0.3, -0.25) is 57.5 Å². The number of aliphatic hydroxyl groups is 6. The molecule has 22 aliphatic rings. The van der Waals surface area contributed by atoms with Gasteiger partial charge in [-0.25, -0.2) is 0 Å². The fourth-order valence-electron chi connectivity index (χ4n) is 13.1. The SMILES string of the molecule is CCC(=O)OC1C2OC(CO)C(OC3OC(CO)C(OC4OC(CO)C(OC5OC(CO)C(OC6OC(CO)C(OC7OC(CO)C(O2)C(OC(=O)CC)C7OC(=O)CC)C(OC(=O)CC)C6OC(=O)CC)C(OC(=O)CC)C5OC(=O)CC)C(OC(=O)CC)C4OC(=O)CC)C(OC(=O)CC)C3OC(=O)CC)C1OC(=O)CC. The molecule has 6 N–H and O–H groups in total. The van der Waals surface area contributed by atoms with Crippen LogP contribution in [-0.2, 0) is 171 Å². The van der Waals surface area contributed by atoms with Gasteiger partial charge in [-0.15, -0.1) is 0 Å². The van der Waals surface area contributed by atoms with Crippen molar-refractivity contribution in [2.24, 2.45) is 0 Å². The third-order valence-corrected chi connectivity index (χ3v) is 19.0. The van der Waals surface area contributed by atoms with Crippen molar-refractivity contribution in [3.05, 3.63) is 0 Å². The van der Waals surface area contributed by atoms with Crippen LogP contribution in [0.3, 0.4) is 0 Å². The highest BCUT2D eigenvalue weighted by atomic mass is 16.8. The first-order valence-corrected chi connectivity index (χ1v) is 38.5. The molecule has 30 unspecified atom stereocenters. The lowest BCUT2D eigenvalue weighted by molar-refractivity contribution is -0.404. The summed E-state index contributed by atoms with van der Waals surface area (Å²) in [5.41, 5.74) is 0. The van der Waals surface area contributed by atoms with E-state index in [9.17, 15) is 88.2 Å². The molecule has 12 bridgehead atoms. The van der Waals surface area contributed by atoms with Gasteiger partial charge >= 0.3 is 71.6 Å². The quantitative estimate of drug-likeness (QED) is 0.0351. The Kier molecular flexibility index (Phi) is 37.2. The van der Waals surface area contributed by atoms with Crippen LogP contribution < -0.4 is 0 Å². The van der Waals surface area contributed by atoms with Gasteiger partial charge in [-0.05, 0) is 0 Å². The summed E-state index contributed by atoms with van der Waals surface area (Å²) in [4.78, 5) is 168. The fraction of sp³-hybridized carbons (Fsp3) is 0.833.